The molecule has 0 unspecified atom stereocenters. The number of carbonyl (C=O) groups is 1. The van der Waals surface area contributed by atoms with E-state index in [2.05, 4.69) is 10.1 Å². The first-order valence-corrected chi connectivity index (χ1v) is 8.87. The summed E-state index contributed by atoms with van der Waals surface area (Å²) >= 11 is 4.89. The quantitative estimate of drug-likeness (QED) is 0.645. The van der Waals surface area contributed by atoms with E-state index in [9.17, 15) is 9.90 Å². The van der Waals surface area contributed by atoms with Crippen molar-refractivity contribution in [3.8, 4) is 11.1 Å². The summed E-state index contributed by atoms with van der Waals surface area (Å²) < 4.78 is 1.89. The molecule has 26 heavy (non-hydrogen) atoms. The van der Waals surface area contributed by atoms with Crippen LogP contribution in [-0.4, -0.2) is 31.2 Å². The molecule has 1 heterocycles. The monoisotopic (exact) mass is 365 g/mol. The number of thiocarbonyl (C=S) groups is 1. The average Bonchev–Trinajstić information content (AvgIpc) is 3.04. The SMILES string of the molecule is CCn1nc(CC=S)nc1Cc1ccc(-c2ccccc2C(=O)O)cc1. The van der Waals surface area contributed by atoms with Gasteiger partial charge in [0.05, 0.1) is 5.56 Å². The molecule has 0 aliphatic rings. The van der Waals surface area contributed by atoms with Crippen LogP contribution in [0, 0.1) is 0 Å². The van der Waals surface area contributed by atoms with Gasteiger partial charge in [0.15, 0.2) is 5.82 Å². The van der Waals surface area contributed by atoms with Crippen LogP contribution in [0.3, 0.4) is 0 Å². The third-order valence-electron chi connectivity index (χ3n) is 4.14. The maximum Gasteiger partial charge on any atom is 0.336 e. The highest BCUT2D eigenvalue weighted by Crippen LogP contribution is 2.24. The van der Waals surface area contributed by atoms with E-state index < -0.39 is 5.97 Å². The zero-order valence-electron chi connectivity index (χ0n) is 14.4. The van der Waals surface area contributed by atoms with Gasteiger partial charge in [-0.15, -0.1) is 0 Å². The number of carboxylic acids is 1. The van der Waals surface area contributed by atoms with Crippen molar-refractivity contribution >= 4 is 23.6 Å². The van der Waals surface area contributed by atoms with Gasteiger partial charge in [0.2, 0.25) is 0 Å². The highest BCUT2D eigenvalue weighted by atomic mass is 32.1. The molecule has 132 valence electrons. The van der Waals surface area contributed by atoms with Gasteiger partial charge in [0.25, 0.3) is 0 Å². The van der Waals surface area contributed by atoms with Crippen molar-refractivity contribution in [1.29, 1.82) is 0 Å². The van der Waals surface area contributed by atoms with E-state index in [1.807, 2.05) is 48.0 Å². The molecule has 5 nitrogen and oxygen atoms in total. The molecule has 3 aromatic rings. The van der Waals surface area contributed by atoms with E-state index in [-0.39, 0.29) is 0 Å². The van der Waals surface area contributed by atoms with Crippen LogP contribution in [0.15, 0.2) is 48.5 Å². The Hall–Kier alpha value is -2.86. The molecule has 0 amide bonds. The highest BCUT2D eigenvalue weighted by Gasteiger charge is 2.12. The molecule has 0 aliphatic heterocycles. The second-order valence-electron chi connectivity index (χ2n) is 5.86. The maximum absolute atomic E-state index is 11.4. The number of aryl methyl sites for hydroxylation is 1. The van der Waals surface area contributed by atoms with Gasteiger partial charge in [-0.25, -0.2) is 14.5 Å². The van der Waals surface area contributed by atoms with Crippen LogP contribution >= 0.6 is 12.2 Å². The summed E-state index contributed by atoms with van der Waals surface area (Å²) in [6.45, 7) is 2.79. The average molecular weight is 365 g/mol. The molecule has 1 N–H and O–H groups in total. The number of aromatic nitrogens is 3. The van der Waals surface area contributed by atoms with Crippen molar-refractivity contribution in [2.24, 2.45) is 0 Å². The number of hydrogen-bond acceptors (Lipinski definition) is 4. The predicted molar refractivity (Wildman–Crippen MR) is 105 cm³/mol. The largest absolute Gasteiger partial charge is 0.478 e. The number of carboxylic acid groups (broad SMARTS) is 1. The standard InChI is InChI=1S/C20H19N3O2S/c1-2-23-19(21-18(22-23)11-12-26)13-14-7-9-15(10-8-14)16-5-3-4-6-17(16)20(24)25/h3-10,12H,2,11,13H2,1H3,(H,24,25). The number of benzene rings is 2. The third kappa shape index (κ3) is 3.86. The van der Waals surface area contributed by atoms with Gasteiger partial charge >= 0.3 is 5.97 Å². The van der Waals surface area contributed by atoms with Crippen molar-refractivity contribution in [1.82, 2.24) is 14.8 Å². The molecular formula is C20H19N3O2S. The molecule has 0 atom stereocenters. The molecular weight excluding hydrogens is 346 g/mol. The van der Waals surface area contributed by atoms with Crippen molar-refractivity contribution in [3.63, 3.8) is 0 Å². The molecule has 0 radical (unpaired) electrons. The summed E-state index contributed by atoms with van der Waals surface area (Å²) in [5, 5.41) is 15.4. The first-order chi connectivity index (χ1) is 12.6. The minimum Gasteiger partial charge on any atom is -0.478 e. The summed E-state index contributed by atoms with van der Waals surface area (Å²) in [4.78, 5) is 16.0. The fourth-order valence-electron chi connectivity index (χ4n) is 2.88. The van der Waals surface area contributed by atoms with Crippen molar-refractivity contribution in [3.05, 3.63) is 71.3 Å². The van der Waals surface area contributed by atoms with E-state index >= 15 is 0 Å². The number of nitrogens with zero attached hydrogens (tertiary/aromatic N) is 3. The Balaban J connectivity index is 1.85. The van der Waals surface area contributed by atoms with E-state index in [4.69, 9.17) is 12.2 Å². The fourth-order valence-corrected chi connectivity index (χ4v) is 3.03. The normalized spacial score (nSPS) is 10.7. The third-order valence-corrected chi connectivity index (χ3v) is 4.31. The molecule has 0 spiro atoms. The van der Waals surface area contributed by atoms with Crippen LogP contribution in [0.4, 0.5) is 0 Å². The Kier molecular flexibility index (Phi) is 5.53. The highest BCUT2D eigenvalue weighted by molar-refractivity contribution is 7.78. The summed E-state index contributed by atoms with van der Waals surface area (Å²) in [5.74, 6) is 0.716. The number of rotatable bonds is 7. The molecule has 6 heteroatoms. The Labute approximate surface area is 157 Å². The summed E-state index contributed by atoms with van der Waals surface area (Å²) in [5.41, 5.74) is 2.99. The van der Waals surface area contributed by atoms with E-state index in [1.54, 1.807) is 17.5 Å². The fraction of sp³-hybridized carbons (Fsp3) is 0.200. The molecule has 0 saturated heterocycles. The lowest BCUT2D eigenvalue weighted by atomic mass is 9.98. The van der Waals surface area contributed by atoms with Crippen LogP contribution in [0.25, 0.3) is 11.1 Å². The second kappa shape index (κ2) is 8.01. The maximum atomic E-state index is 11.4. The summed E-state index contributed by atoms with van der Waals surface area (Å²) in [7, 11) is 0. The molecule has 0 fully saturated rings. The Morgan fingerprint density at radius 2 is 1.92 bits per heavy atom. The summed E-state index contributed by atoms with van der Waals surface area (Å²) in [6.07, 6.45) is 1.25. The second-order valence-corrected chi connectivity index (χ2v) is 6.19. The number of hydrogen-bond donors (Lipinski definition) is 1. The Morgan fingerprint density at radius 3 is 2.58 bits per heavy atom. The molecule has 0 aliphatic carbocycles. The Morgan fingerprint density at radius 1 is 1.19 bits per heavy atom. The van der Waals surface area contributed by atoms with Crippen molar-refractivity contribution in [2.45, 2.75) is 26.3 Å². The van der Waals surface area contributed by atoms with E-state index in [0.717, 1.165) is 29.3 Å². The minimum absolute atomic E-state index is 0.302. The van der Waals surface area contributed by atoms with Gasteiger partial charge in [-0.3, -0.25) is 0 Å². The van der Waals surface area contributed by atoms with Gasteiger partial charge in [-0.05, 0) is 35.0 Å². The van der Waals surface area contributed by atoms with Crippen molar-refractivity contribution < 1.29 is 9.90 Å². The molecule has 2 aromatic carbocycles. The number of aromatic carboxylic acids is 1. The van der Waals surface area contributed by atoms with Gasteiger partial charge in [-0.1, -0.05) is 54.7 Å². The van der Waals surface area contributed by atoms with Crippen LogP contribution in [-0.2, 0) is 19.4 Å². The molecule has 0 saturated carbocycles. The van der Waals surface area contributed by atoms with Crippen LogP contribution in [0.1, 0.15) is 34.5 Å². The zero-order chi connectivity index (χ0) is 18.5. The zero-order valence-corrected chi connectivity index (χ0v) is 15.2. The van der Waals surface area contributed by atoms with E-state index in [0.29, 0.717) is 24.0 Å². The first-order valence-electron chi connectivity index (χ1n) is 8.40. The lowest BCUT2D eigenvalue weighted by molar-refractivity contribution is 0.0697. The molecule has 1 aromatic heterocycles. The summed E-state index contributed by atoms with van der Waals surface area (Å²) in [6, 6.07) is 14.9. The smallest absolute Gasteiger partial charge is 0.336 e. The van der Waals surface area contributed by atoms with Gasteiger partial charge in [0.1, 0.15) is 5.82 Å². The molecule has 3 rings (SSSR count). The minimum atomic E-state index is -0.924. The van der Waals surface area contributed by atoms with Gasteiger partial charge in [0, 0.05) is 19.4 Å². The lowest BCUT2D eigenvalue weighted by Gasteiger charge is -2.08. The van der Waals surface area contributed by atoms with Crippen LogP contribution in [0.2, 0.25) is 0 Å². The van der Waals surface area contributed by atoms with E-state index in [1.165, 1.54) is 0 Å². The predicted octanol–water partition coefficient (Wildman–Crippen LogP) is 3.80. The van der Waals surface area contributed by atoms with Crippen LogP contribution < -0.4 is 0 Å². The van der Waals surface area contributed by atoms with Gasteiger partial charge in [-0.2, -0.15) is 5.10 Å². The topological polar surface area (TPSA) is 68.0 Å². The molecule has 0 bridgehead atoms. The first kappa shape index (κ1) is 17.9. The Bertz CT molecular complexity index is 932. The van der Waals surface area contributed by atoms with Gasteiger partial charge < -0.3 is 5.11 Å². The van der Waals surface area contributed by atoms with Crippen molar-refractivity contribution in [2.75, 3.05) is 0 Å². The lowest BCUT2D eigenvalue weighted by Crippen LogP contribution is -2.04. The van der Waals surface area contributed by atoms with Crippen LogP contribution in [0.5, 0.6) is 0 Å².